The number of hydrogen-bond donors (Lipinski definition) is 1. The summed E-state index contributed by atoms with van der Waals surface area (Å²) in [4.78, 5) is 39.1. The number of amides is 2. The molecule has 0 saturated carbocycles. The Bertz CT molecular complexity index is 1570. The molecule has 0 radical (unpaired) electrons. The molecule has 0 bridgehead atoms. The van der Waals surface area contributed by atoms with Gasteiger partial charge in [-0.2, -0.15) is 0 Å². The zero-order chi connectivity index (χ0) is 31.9. The largest absolute Gasteiger partial charge is 0.497 e. The first-order valence-corrected chi connectivity index (χ1v) is 15.2. The number of carbonyl (C=O) groups is 2. The number of carbonyl (C=O) groups excluding carboxylic acids is 2. The summed E-state index contributed by atoms with van der Waals surface area (Å²) in [6, 6.07) is 16.2. The van der Waals surface area contributed by atoms with Crippen LogP contribution in [-0.4, -0.2) is 56.3 Å². The van der Waals surface area contributed by atoms with Crippen molar-refractivity contribution in [3.05, 3.63) is 93.5 Å². The topological polar surface area (TPSA) is 139 Å². The first kappa shape index (κ1) is 33.1. The van der Waals surface area contributed by atoms with Crippen molar-refractivity contribution >= 4 is 33.2 Å². The Labute approximate surface area is 252 Å². The smallest absolute Gasteiger partial charge is 0.273 e. The highest BCUT2D eigenvalue weighted by Gasteiger charge is 2.33. The van der Waals surface area contributed by atoms with E-state index in [2.05, 4.69) is 5.32 Å². The molecule has 0 heterocycles. The minimum Gasteiger partial charge on any atom is -0.497 e. The van der Waals surface area contributed by atoms with Crippen LogP contribution in [0.2, 0.25) is 0 Å². The minimum absolute atomic E-state index is 0.0638. The number of nitrogens with zero attached hydrogens (tertiary/aromatic N) is 3. The van der Waals surface area contributed by atoms with E-state index in [4.69, 9.17) is 4.74 Å². The van der Waals surface area contributed by atoms with Gasteiger partial charge >= 0.3 is 0 Å². The van der Waals surface area contributed by atoms with E-state index < -0.39 is 33.4 Å². The van der Waals surface area contributed by atoms with Gasteiger partial charge in [0.15, 0.2) is 0 Å². The van der Waals surface area contributed by atoms with Crippen molar-refractivity contribution in [2.45, 2.75) is 52.1 Å². The van der Waals surface area contributed by atoms with Gasteiger partial charge in [0, 0.05) is 24.7 Å². The highest BCUT2D eigenvalue weighted by Crippen LogP contribution is 2.29. The van der Waals surface area contributed by atoms with E-state index in [1.54, 1.807) is 19.1 Å². The maximum absolute atomic E-state index is 14.1. The van der Waals surface area contributed by atoms with E-state index in [9.17, 15) is 28.1 Å². The molecule has 1 atom stereocenters. The van der Waals surface area contributed by atoms with E-state index in [1.807, 2.05) is 45.0 Å². The van der Waals surface area contributed by atoms with Crippen LogP contribution in [0.25, 0.3) is 0 Å². The third-order valence-electron chi connectivity index (χ3n) is 7.06. The van der Waals surface area contributed by atoms with Gasteiger partial charge in [0.2, 0.25) is 11.8 Å². The molecule has 0 aliphatic rings. The van der Waals surface area contributed by atoms with Crippen LogP contribution < -0.4 is 14.4 Å². The zero-order valence-electron chi connectivity index (χ0n) is 25.2. The number of ether oxygens (including phenoxy) is 1. The van der Waals surface area contributed by atoms with E-state index in [0.717, 1.165) is 21.5 Å². The Morgan fingerprint density at radius 3 is 2.21 bits per heavy atom. The fraction of sp³-hybridized carbons (Fsp3) is 0.355. The summed E-state index contributed by atoms with van der Waals surface area (Å²) >= 11 is 0. The van der Waals surface area contributed by atoms with E-state index in [1.165, 1.54) is 43.2 Å². The van der Waals surface area contributed by atoms with Crippen molar-refractivity contribution in [1.82, 2.24) is 10.2 Å². The molecule has 0 aromatic heterocycles. The predicted octanol–water partition coefficient (Wildman–Crippen LogP) is 4.61. The van der Waals surface area contributed by atoms with Crippen molar-refractivity contribution in [3.63, 3.8) is 0 Å². The highest BCUT2D eigenvalue weighted by molar-refractivity contribution is 7.92. The molecule has 11 nitrogen and oxygen atoms in total. The Morgan fingerprint density at radius 1 is 0.977 bits per heavy atom. The summed E-state index contributed by atoms with van der Waals surface area (Å²) < 4.78 is 34.2. The maximum Gasteiger partial charge on any atom is 0.273 e. The van der Waals surface area contributed by atoms with Gasteiger partial charge in [-0.25, -0.2) is 8.42 Å². The molecule has 0 spiro atoms. The van der Waals surface area contributed by atoms with E-state index in [-0.39, 0.29) is 34.6 Å². The Balaban J connectivity index is 2.09. The monoisotopic (exact) mass is 610 g/mol. The van der Waals surface area contributed by atoms with Gasteiger partial charge in [0.1, 0.15) is 18.3 Å². The lowest BCUT2D eigenvalue weighted by Gasteiger charge is -2.32. The fourth-order valence-electron chi connectivity index (χ4n) is 4.36. The Morgan fingerprint density at radius 2 is 1.63 bits per heavy atom. The molecule has 3 aromatic carbocycles. The van der Waals surface area contributed by atoms with Crippen LogP contribution in [0.3, 0.4) is 0 Å². The van der Waals surface area contributed by atoms with Gasteiger partial charge in [-0.15, -0.1) is 0 Å². The summed E-state index contributed by atoms with van der Waals surface area (Å²) in [5.74, 6) is -0.346. The van der Waals surface area contributed by atoms with Gasteiger partial charge in [-0.3, -0.25) is 24.0 Å². The third-order valence-corrected chi connectivity index (χ3v) is 8.83. The molecular formula is C31H38N4O7S. The first-order valence-electron chi connectivity index (χ1n) is 13.8. The number of anilines is 1. The molecule has 0 aliphatic heterocycles. The number of hydrogen-bond acceptors (Lipinski definition) is 7. The molecule has 12 heteroatoms. The van der Waals surface area contributed by atoms with Crippen molar-refractivity contribution in [2.24, 2.45) is 5.92 Å². The summed E-state index contributed by atoms with van der Waals surface area (Å²) in [5, 5.41) is 14.4. The number of aryl methyl sites for hydroxylation is 2. The summed E-state index contributed by atoms with van der Waals surface area (Å²) in [5.41, 5.74) is 1.78. The lowest BCUT2D eigenvalue weighted by Crippen LogP contribution is -2.51. The fourth-order valence-corrected chi connectivity index (χ4v) is 5.79. The molecule has 43 heavy (non-hydrogen) atoms. The molecular weight excluding hydrogens is 572 g/mol. The average molecular weight is 611 g/mol. The molecule has 1 N–H and O–H groups in total. The van der Waals surface area contributed by atoms with Crippen LogP contribution in [-0.2, 0) is 26.2 Å². The standard InChI is InChI=1S/C31H38N4O7S/c1-21(2)18-32-31(37)24(5)33(19-25-10-8-7-9-22(25)3)30(36)20-34(26-12-14-27(42-6)15-13-26)43(40,41)28-16-11-23(4)29(17-28)35(38)39/h7-17,21,24H,18-20H2,1-6H3,(H,32,37). The summed E-state index contributed by atoms with van der Waals surface area (Å²) in [7, 11) is -3.02. The Hall–Kier alpha value is -4.45. The second kappa shape index (κ2) is 14.1. The average Bonchev–Trinajstić information content (AvgIpc) is 2.97. The minimum atomic E-state index is -4.48. The van der Waals surface area contributed by atoms with Crippen LogP contribution >= 0.6 is 0 Å². The quantitative estimate of drug-likeness (QED) is 0.220. The van der Waals surface area contributed by atoms with Gasteiger partial charge in [-0.05, 0) is 68.1 Å². The van der Waals surface area contributed by atoms with Gasteiger partial charge in [-0.1, -0.05) is 44.2 Å². The second-order valence-corrected chi connectivity index (χ2v) is 12.5. The predicted molar refractivity (Wildman–Crippen MR) is 164 cm³/mol. The van der Waals surface area contributed by atoms with Crippen LogP contribution in [0.1, 0.15) is 37.5 Å². The maximum atomic E-state index is 14.1. The number of nitro benzene ring substituents is 1. The van der Waals surface area contributed by atoms with E-state index in [0.29, 0.717) is 17.9 Å². The lowest BCUT2D eigenvalue weighted by molar-refractivity contribution is -0.385. The molecule has 1 unspecified atom stereocenters. The van der Waals surface area contributed by atoms with Crippen molar-refractivity contribution in [2.75, 3.05) is 24.5 Å². The van der Waals surface area contributed by atoms with Gasteiger partial charge in [0.25, 0.3) is 15.7 Å². The molecule has 0 aliphatic carbocycles. The lowest BCUT2D eigenvalue weighted by atomic mass is 10.1. The number of rotatable bonds is 13. The second-order valence-electron chi connectivity index (χ2n) is 10.7. The zero-order valence-corrected chi connectivity index (χ0v) is 26.1. The van der Waals surface area contributed by atoms with Crippen molar-refractivity contribution < 1.29 is 27.7 Å². The summed E-state index contributed by atoms with van der Waals surface area (Å²) in [6.07, 6.45) is 0. The molecule has 230 valence electrons. The highest BCUT2D eigenvalue weighted by atomic mass is 32.2. The number of benzene rings is 3. The number of nitro groups is 1. The molecule has 0 saturated heterocycles. The molecule has 2 amide bonds. The Kier molecular flexibility index (Phi) is 10.9. The van der Waals surface area contributed by atoms with Crippen LogP contribution in [0.4, 0.5) is 11.4 Å². The number of methoxy groups -OCH3 is 1. The SMILES string of the molecule is COc1ccc(N(CC(=O)N(Cc2ccccc2C)C(C)C(=O)NCC(C)C)S(=O)(=O)c2ccc(C)c([N+](=O)[O-])c2)cc1. The molecule has 3 aromatic rings. The van der Waals surface area contributed by atoms with Crippen LogP contribution in [0.15, 0.2) is 71.6 Å². The van der Waals surface area contributed by atoms with Crippen molar-refractivity contribution in [3.8, 4) is 5.75 Å². The van der Waals surface area contributed by atoms with E-state index >= 15 is 0 Å². The van der Waals surface area contributed by atoms with Crippen molar-refractivity contribution in [1.29, 1.82) is 0 Å². The number of nitrogens with one attached hydrogen (secondary N) is 1. The van der Waals surface area contributed by atoms with Crippen LogP contribution in [0.5, 0.6) is 5.75 Å². The number of sulfonamides is 1. The summed E-state index contributed by atoms with van der Waals surface area (Å²) in [6.45, 7) is 8.71. The van der Waals surface area contributed by atoms with Gasteiger partial charge in [0.05, 0.1) is 22.6 Å². The first-order chi connectivity index (χ1) is 20.3. The van der Waals surface area contributed by atoms with Gasteiger partial charge < -0.3 is 15.0 Å². The third kappa shape index (κ3) is 8.10. The molecule has 3 rings (SSSR count). The van der Waals surface area contributed by atoms with Crippen LogP contribution in [0, 0.1) is 29.9 Å². The normalized spacial score (nSPS) is 12.0. The molecule has 0 fully saturated rings.